The molecule has 0 aliphatic rings. The fraction of sp³-hybridized carbons (Fsp3) is 0.100. The maximum absolute atomic E-state index is 6.17. The molecule has 3 nitrogen and oxygen atoms in total. The van der Waals surface area contributed by atoms with E-state index in [1.165, 1.54) is 60.4 Å². The second kappa shape index (κ2) is 6.46. The van der Waals surface area contributed by atoms with Crippen LogP contribution in [0.5, 0.6) is 0 Å². The molecule has 0 aliphatic carbocycles. The highest BCUT2D eigenvalue weighted by atomic mass is 16.3. The summed E-state index contributed by atoms with van der Waals surface area (Å²) in [6, 6.07) is 30.4. The molecular weight excluding hydrogens is 404 g/mol. The van der Waals surface area contributed by atoms with Gasteiger partial charge in [0.05, 0.1) is 7.05 Å². The van der Waals surface area contributed by atoms with Crippen molar-refractivity contribution in [1.82, 2.24) is 4.57 Å². The Labute approximate surface area is 191 Å². The normalized spacial score (nSPS) is 12.1. The zero-order valence-corrected chi connectivity index (χ0v) is 18.9. The van der Waals surface area contributed by atoms with Crippen molar-refractivity contribution >= 4 is 54.5 Å². The Morgan fingerprint density at radius 2 is 1.42 bits per heavy atom. The van der Waals surface area contributed by atoms with Crippen LogP contribution in [0.15, 0.2) is 89.3 Å². The molecule has 0 atom stereocenters. The molecule has 0 saturated heterocycles. The largest absolute Gasteiger partial charge is 0.456 e. The minimum Gasteiger partial charge on any atom is -0.456 e. The standard InChI is InChI=1S/C30H23N2O/c1-18-8-4-6-10-26(18)32-19(2)31(3)30-24-15-22-17-29-25(23-9-5-7-11-28(23)33-29)16-21(22)14-20(24)12-13-27(30)32/h4-17H,1-3H3/q+1. The molecule has 158 valence electrons. The van der Waals surface area contributed by atoms with Gasteiger partial charge in [0.2, 0.25) is 0 Å². The van der Waals surface area contributed by atoms with Crippen molar-refractivity contribution in [3.63, 3.8) is 0 Å². The first-order chi connectivity index (χ1) is 16.1. The van der Waals surface area contributed by atoms with E-state index in [1.54, 1.807) is 0 Å². The summed E-state index contributed by atoms with van der Waals surface area (Å²) >= 11 is 0. The number of para-hydroxylation sites is 2. The smallest absolute Gasteiger partial charge is 0.259 e. The van der Waals surface area contributed by atoms with Gasteiger partial charge in [0, 0.05) is 23.1 Å². The third-order valence-corrected chi connectivity index (χ3v) is 7.16. The van der Waals surface area contributed by atoms with Crippen LogP contribution in [-0.2, 0) is 7.05 Å². The van der Waals surface area contributed by atoms with E-state index in [1.807, 2.05) is 12.1 Å². The fourth-order valence-electron chi connectivity index (χ4n) is 5.40. The van der Waals surface area contributed by atoms with Crippen molar-refractivity contribution in [3.8, 4) is 5.69 Å². The first-order valence-corrected chi connectivity index (χ1v) is 11.3. The van der Waals surface area contributed by atoms with E-state index < -0.39 is 0 Å². The Bertz CT molecular complexity index is 1900. The van der Waals surface area contributed by atoms with Crippen molar-refractivity contribution in [1.29, 1.82) is 0 Å². The Kier molecular flexibility index (Phi) is 3.61. The highest BCUT2D eigenvalue weighted by Gasteiger charge is 2.24. The zero-order valence-electron chi connectivity index (χ0n) is 18.9. The van der Waals surface area contributed by atoms with E-state index >= 15 is 0 Å². The summed E-state index contributed by atoms with van der Waals surface area (Å²) in [5.41, 5.74) is 6.84. The average Bonchev–Trinajstić information content (AvgIpc) is 3.31. The Balaban J connectivity index is 1.58. The van der Waals surface area contributed by atoms with Gasteiger partial charge < -0.3 is 4.42 Å². The number of benzene rings is 5. The third-order valence-electron chi connectivity index (χ3n) is 7.16. The highest BCUT2D eigenvalue weighted by molar-refractivity contribution is 6.14. The summed E-state index contributed by atoms with van der Waals surface area (Å²) in [5, 5.41) is 7.28. The van der Waals surface area contributed by atoms with E-state index in [2.05, 4.69) is 103 Å². The number of rotatable bonds is 1. The lowest BCUT2D eigenvalue weighted by atomic mass is 10.0. The van der Waals surface area contributed by atoms with Crippen LogP contribution in [0, 0.1) is 13.8 Å². The molecule has 0 amide bonds. The summed E-state index contributed by atoms with van der Waals surface area (Å²) in [7, 11) is 2.17. The zero-order chi connectivity index (χ0) is 22.3. The molecule has 0 saturated carbocycles. The molecule has 3 heteroatoms. The van der Waals surface area contributed by atoms with E-state index in [0.29, 0.717) is 0 Å². The maximum Gasteiger partial charge on any atom is 0.259 e. The predicted molar refractivity (Wildman–Crippen MR) is 136 cm³/mol. The van der Waals surface area contributed by atoms with Crippen molar-refractivity contribution in [2.45, 2.75) is 13.8 Å². The van der Waals surface area contributed by atoms with Crippen LogP contribution < -0.4 is 4.57 Å². The van der Waals surface area contributed by atoms with Gasteiger partial charge in [-0.05, 0) is 77.2 Å². The molecule has 33 heavy (non-hydrogen) atoms. The average molecular weight is 428 g/mol. The van der Waals surface area contributed by atoms with E-state index in [4.69, 9.17) is 4.42 Å². The number of aryl methyl sites for hydroxylation is 2. The number of nitrogens with zero attached hydrogens (tertiary/aromatic N) is 2. The Morgan fingerprint density at radius 1 is 0.667 bits per heavy atom. The van der Waals surface area contributed by atoms with Gasteiger partial charge in [-0.2, -0.15) is 4.57 Å². The van der Waals surface area contributed by atoms with Gasteiger partial charge in [-0.1, -0.05) is 36.4 Å². The molecule has 7 rings (SSSR count). The van der Waals surface area contributed by atoms with Crippen molar-refractivity contribution in [3.05, 3.63) is 96.3 Å². The number of fused-ring (bicyclic) bond motifs is 7. The summed E-state index contributed by atoms with van der Waals surface area (Å²) in [5.74, 6) is 1.21. The topological polar surface area (TPSA) is 21.9 Å². The number of aromatic nitrogens is 2. The van der Waals surface area contributed by atoms with Crippen molar-refractivity contribution in [2.75, 3.05) is 0 Å². The highest BCUT2D eigenvalue weighted by Crippen LogP contribution is 2.35. The van der Waals surface area contributed by atoms with Crippen LogP contribution >= 0.6 is 0 Å². The predicted octanol–water partition coefficient (Wildman–Crippen LogP) is 7.28. The Hall–Kier alpha value is -4.11. The van der Waals surface area contributed by atoms with Gasteiger partial charge in [-0.3, -0.25) is 0 Å². The molecular formula is C30H23N2O+. The summed E-state index contributed by atoms with van der Waals surface area (Å²) in [6.07, 6.45) is 0. The van der Waals surface area contributed by atoms with Crippen molar-refractivity contribution in [2.24, 2.45) is 7.05 Å². The number of hydrogen-bond donors (Lipinski definition) is 0. The molecule has 0 bridgehead atoms. The van der Waals surface area contributed by atoms with E-state index in [9.17, 15) is 0 Å². The lowest BCUT2D eigenvalue weighted by molar-refractivity contribution is -0.651. The minimum absolute atomic E-state index is 0.937. The van der Waals surface area contributed by atoms with Gasteiger partial charge in [0.25, 0.3) is 5.82 Å². The van der Waals surface area contributed by atoms with Crippen LogP contribution in [0.4, 0.5) is 0 Å². The lowest BCUT2D eigenvalue weighted by Crippen LogP contribution is -2.31. The molecule has 0 fully saturated rings. The number of hydrogen-bond acceptors (Lipinski definition) is 1. The molecule has 0 N–H and O–H groups in total. The first-order valence-electron chi connectivity index (χ1n) is 11.3. The lowest BCUT2D eigenvalue weighted by Gasteiger charge is -2.05. The van der Waals surface area contributed by atoms with Gasteiger partial charge >= 0.3 is 0 Å². The van der Waals surface area contributed by atoms with Crippen LogP contribution in [-0.4, -0.2) is 4.57 Å². The fourth-order valence-corrected chi connectivity index (χ4v) is 5.40. The van der Waals surface area contributed by atoms with Crippen LogP contribution in [0.3, 0.4) is 0 Å². The van der Waals surface area contributed by atoms with Gasteiger partial charge in [-0.15, -0.1) is 0 Å². The third kappa shape index (κ3) is 2.48. The number of imidazole rings is 1. The SMILES string of the molecule is Cc1ccccc1-n1c(C)[n+](C)c2c3cc4cc5oc6ccccc6c5cc4cc3ccc21. The molecule has 7 aromatic rings. The molecule has 2 heterocycles. The van der Waals surface area contributed by atoms with Gasteiger partial charge in [0.1, 0.15) is 16.9 Å². The summed E-state index contributed by atoms with van der Waals surface area (Å²) < 4.78 is 10.9. The second-order valence-corrected chi connectivity index (χ2v) is 9.03. The molecule has 0 radical (unpaired) electrons. The van der Waals surface area contributed by atoms with Crippen molar-refractivity contribution < 1.29 is 8.98 Å². The van der Waals surface area contributed by atoms with Gasteiger partial charge in [0.15, 0.2) is 11.0 Å². The summed E-state index contributed by atoms with van der Waals surface area (Å²) in [6.45, 7) is 4.37. The molecule has 0 spiro atoms. The minimum atomic E-state index is 0.937. The van der Waals surface area contributed by atoms with Crippen LogP contribution in [0.25, 0.3) is 60.2 Å². The quantitative estimate of drug-likeness (QED) is 0.199. The monoisotopic (exact) mass is 427 g/mol. The summed E-state index contributed by atoms with van der Waals surface area (Å²) in [4.78, 5) is 0. The van der Waals surface area contributed by atoms with E-state index in [0.717, 1.165) is 11.2 Å². The number of furan rings is 1. The van der Waals surface area contributed by atoms with Crippen LogP contribution in [0.2, 0.25) is 0 Å². The molecule has 0 aliphatic heterocycles. The van der Waals surface area contributed by atoms with Crippen LogP contribution in [0.1, 0.15) is 11.4 Å². The Morgan fingerprint density at radius 3 is 2.30 bits per heavy atom. The second-order valence-electron chi connectivity index (χ2n) is 9.03. The first kappa shape index (κ1) is 18.5. The molecule has 0 unspecified atom stereocenters. The maximum atomic E-state index is 6.17. The molecule has 5 aromatic carbocycles. The van der Waals surface area contributed by atoms with Gasteiger partial charge in [-0.25, -0.2) is 4.57 Å². The van der Waals surface area contributed by atoms with E-state index in [-0.39, 0.29) is 0 Å². The molecule has 2 aromatic heterocycles.